The SMILES string of the molecule is CCCCC(Cc1cc(C(C)(C)C)c(O)c(C(C)(C)C)c1)(C(=O)OC1(C)C(C)(C)CNCC1(C)C)C(=O)OC1(C)C(C)(C)CNCC1(C)C. The van der Waals surface area contributed by atoms with Crippen LogP contribution >= 0.6 is 0 Å². The fourth-order valence-corrected chi connectivity index (χ4v) is 8.29. The van der Waals surface area contributed by atoms with E-state index < -0.39 is 50.2 Å². The second-order valence-corrected chi connectivity index (χ2v) is 20.5. The smallest absolute Gasteiger partial charge is 0.324 e. The van der Waals surface area contributed by atoms with Gasteiger partial charge in [-0.15, -0.1) is 0 Å². The number of hydrogen-bond donors (Lipinski definition) is 3. The van der Waals surface area contributed by atoms with Crippen LogP contribution in [0.15, 0.2) is 12.1 Å². The number of hydrogen-bond acceptors (Lipinski definition) is 7. The first-order valence-corrected chi connectivity index (χ1v) is 18.7. The van der Waals surface area contributed by atoms with Crippen LogP contribution in [0.5, 0.6) is 5.75 Å². The van der Waals surface area contributed by atoms with Crippen LogP contribution in [0.3, 0.4) is 0 Å². The van der Waals surface area contributed by atoms with Crippen LogP contribution in [0.1, 0.15) is 154 Å². The summed E-state index contributed by atoms with van der Waals surface area (Å²) in [4.78, 5) is 30.7. The van der Waals surface area contributed by atoms with E-state index in [0.717, 1.165) is 23.1 Å². The van der Waals surface area contributed by atoms with Crippen molar-refractivity contribution < 1.29 is 24.2 Å². The van der Waals surface area contributed by atoms with Gasteiger partial charge in [0.05, 0.1) is 0 Å². The zero-order valence-corrected chi connectivity index (χ0v) is 34.4. The summed E-state index contributed by atoms with van der Waals surface area (Å²) in [7, 11) is 0. The Labute approximate surface area is 299 Å². The molecule has 0 aromatic heterocycles. The van der Waals surface area contributed by atoms with Gasteiger partial charge in [-0.05, 0) is 54.2 Å². The van der Waals surface area contributed by atoms with Gasteiger partial charge in [-0.25, -0.2) is 0 Å². The Morgan fingerprint density at radius 2 is 1.00 bits per heavy atom. The molecule has 2 aliphatic heterocycles. The number of piperidine rings is 2. The number of carbonyl (C=O) groups is 2. The van der Waals surface area contributed by atoms with Gasteiger partial charge >= 0.3 is 11.9 Å². The van der Waals surface area contributed by atoms with Gasteiger partial charge in [0.1, 0.15) is 17.0 Å². The highest BCUT2D eigenvalue weighted by Gasteiger charge is 2.63. The van der Waals surface area contributed by atoms with Crippen LogP contribution < -0.4 is 10.6 Å². The third-order valence-electron chi connectivity index (χ3n) is 13.1. The Morgan fingerprint density at radius 3 is 1.29 bits per heavy atom. The average molecular weight is 685 g/mol. The minimum Gasteiger partial charge on any atom is -0.507 e. The van der Waals surface area contributed by atoms with Gasteiger partial charge < -0.3 is 25.2 Å². The lowest BCUT2D eigenvalue weighted by Gasteiger charge is -2.58. The molecule has 7 heteroatoms. The number of benzene rings is 1. The predicted molar refractivity (Wildman–Crippen MR) is 201 cm³/mol. The summed E-state index contributed by atoms with van der Waals surface area (Å²) in [5.74, 6) is -0.774. The molecular weight excluding hydrogens is 612 g/mol. The molecule has 0 amide bonds. The maximum atomic E-state index is 15.4. The van der Waals surface area contributed by atoms with Crippen molar-refractivity contribution in [3.8, 4) is 5.75 Å². The Balaban J connectivity index is 2.36. The quantitative estimate of drug-likeness (QED) is 0.177. The Bertz CT molecular complexity index is 1260. The Hall–Kier alpha value is -2.12. The van der Waals surface area contributed by atoms with E-state index in [0.29, 0.717) is 39.0 Å². The molecule has 2 fully saturated rings. The highest BCUT2D eigenvalue weighted by atomic mass is 16.6. The summed E-state index contributed by atoms with van der Waals surface area (Å²) in [5.41, 5.74) is -3.35. The summed E-state index contributed by atoms with van der Waals surface area (Å²) in [6.07, 6.45) is 1.86. The third kappa shape index (κ3) is 7.32. The van der Waals surface area contributed by atoms with E-state index in [-0.39, 0.29) is 23.0 Å². The maximum absolute atomic E-state index is 15.4. The van der Waals surface area contributed by atoms with Crippen molar-refractivity contribution in [2.75, 3.05) is 26.2 Å². The number of phenolic OH excluding ortho intramolecular Hbond substituents is 1. The summed E-state index contributed by atoms with van der Waals surface area (Å²) >= 11 is 0. The number of nitrogens with one attached hydrogen (secondary N) is 2. The molecule has 0 unspecified atom stereocenters. The van der Waals surface area contributed by atoms with E-state index in [1.807, 2.05) is 26.0 Å². The van der Waals surface area contributed by atoms with E-state index in [9.17, 15) is 5.11 Å². The number of aromatic hydroxyl groups is 1. The maximum Gasteiger partial charge on any atom is 0.324 e. The minimum absolute atomic E-state index is 0.113. The van der Waals surface area contributed by atoms with Gasteiger partial charge in [0, 0.05) is 47.8 Å². The van der Waals surface area contributed by atoms with Crippen molar-refractivity contribution in [1.82, 2.24) is 10.6 Å². The number of carbonyl (C=O) groups excluding carboxylic acids is 2. The van der Waals surface area contributed by atoms with E-state index in [1.54, 1.807) is 0 Å². The normalized spacial score (nSPS) is 22.6. The molecule has 1 aromatic carbocycles. The number of ether oxygens (including phenoxy) is 2. The molecule has 0 aliphatic carbocycles. The first-order chi connectivity index (χ1) is 21.9. The van der Waals surface area contributed by atoms with Crippen molar-refractivity contribution in [3.63, 3.8) is 0 Å². The van der Waals surface area contributed by atoms with Crippen molar-refractivity contribution in [1.29, 1.82) is 0 Å². The van der Waals surface area contributed by atoms with Crippen LogP contribution in [0.2, 0.25) is 0 Å². The van der Waals surface area contributed by atoms with Gasteiger partial charge in [0.25, 0.3) is 0 Å². The molecule has 3 rings (SSSR count). The van der Waals surface area contributed by atoms with E-state index >= 15 is 9.59 Å². The van der Waals surface area contributed by atoms with Crippen LogP contribution in [0, 0.1) is 27.1 Å². The fourth-order valence-electron chi connectivity index (χ4n) is 8.29. The molecule has 280 valence electrons. The number of phenols is 1. The molecular formula is C42H72N2O5. The molecule has 2 saturated heterocycles. The topological polar surface area (TPSA) is 96.9 Å². The lowest BCUT2D eigenvalue weighted by atomic mass is 9.59. The standard InChI is InChI=1S/C42H72N2O5/c1-18-19-20-42(32(46)48-40(16)36(8,9)24-43-25-37(40,10)11,33(47)49-41(17)38(12,13)26-44-27-39(41,14)15)23-28-21-29(34(2,3)4)31(45)30(22-28)35(5,6)7/h21-22,43-45H,18-20,23-27H2,1-17H3. The van der Waals surface area contributed by atoms with Gasteiger partial charge in [-0.1, -0.05) is 129 Å². The highest BCUT2D eigenvalue weighted by molar-refractivity contribution is 6.01. The summed E-state index contributed by atoms with van der Waals surface area (Å²) in [5, 5.41) is 18.7. The van der Waals surface area contributed by atoms with Gasteiger partial charge in [0.2, 0.25) is 0 Å². The fraction of sp³-hybridized carbons (Fsp3) is 0.810. The predicted octanol–water partition coefficient (Wildman–Crippen LogP) is 8.62. The molecule has 0 radical (unpaired) electrons. The monoisotopic (exact) mass is 685 g/mol. The summed E-state index contributed by atoms with van der Waals surface area (Å²) in [6.45, 7) is 38.4. The second-order valence-electron chi connectivity index (χ2n) is 20.5. The van der Waals surface area contributed by atoms with E-state index in [2.05, 4.69) is 114 Å². The second kappa shape index (κ2) is 13.1. The number of esters is 2. The lowest BCUT2D eigenvalue weighted by Crippen LogP contribution is -2.68. The van der Waals surface area contributed by atoms with Gasteiger partial charge in [0.15, 0.2) is 5.41 Å². The molecule has 0 atom stereocenters. The van der Waals surface area contributed by atoms with Crippen molar-refractivity contribution in [3.05, 3.63) is 28.8 Å². The molecule has 3 N–H and O–H groups in total. The number of rotatable bonds is 9. The number of unbranched alkanes of at least 4 members (excludes halogenated alkanes) is 1. The molecule has 0 saturated carbocycles. The van der Waals surface area contributed by atoms with E-state index in [4.69, 9.17) is 9.47 Å². The molecule has 0 spiro atoms. The van der Waals surface area contributed by atoms with Crippen molar-refractivity contribution >= 4 is 11.9 Å². The summed E-state index contributed by atoms with van der Waals surface area (Å²) in [6, 6.07) is 3.98. The van der Waals surface area contributed by atoms with E-state index in [1.165, 1.54) is 0 Å². The molecule has 49 heavy (non-hydrogen) atoms. The first-order valence-electron chi connectivity index (χ1n) is 18.7. The molecule has 1 aromatic rings. The zero-order chi connectivity index (χ0) is 37.9. The Kier molecular flexibility index (Phi) is 11.1. The van der Waals surface area contributed by atoms with Crippen LogP contribution in [-0.2, 0) is 36.3 Å². The van der Waals surface area contributed by atoms with Crippen LogP contribution in [-0.4, -0.2) is 54.4 Å². The summed E-state index contributed by atoms with van der Waals surface area (Å²) < 4.78 is 13.7. The zero-order valence-electron chi connectivity index (χ0n) is 34.4. The molecule has 2 heterocycles. The minimum atomic E-state index is -1.61. The third-order valence-corrected chi connectivity index (χ3v) is 13.1. The van der Waals surface area contributed by atoms with Crippen LogP contribution in [0.4, 0.5) is 0 Å². The van der Waals surface area contributed by atoms with Gasteiger partial charge in [-0.3, -0.25) is 9.59 Å². The first kappa shape index (κ1) is 41.3. The molecule has 0 bridgehead atoms. The van der Waals surface area contributed by atoms with Crippen LogP contribution in [0.25, 0.3) is 0 Å². The van der Waals surface area contributed by atoms with Crippen molar-refractivity contribution in [2.24, 2.45) is 27.1 Å². The average Bonchev–Trinajstić information content (AvgIpc) is 2.92. The largest absolute Gasteiger partial charge is 0.507 e. The van der Waals surface area contributed by atoms with Gasteiger partial charge in [-0.2, -0.15) is 0 Å². The molecule has 7 nitrogen and oxygen atoms in total. The lowest BCUT2D eigenvalue weighted by molar-refractivity contribution is -0.230. The van der Waals surface area contributed by atoms with Crippen molar-refractivity contribution in [2.45, 2.75) is 165 Å². The Morgan fingerprint density at radius 1 is 0.673 bits per heavy atom. The molecule has 2 aliphatic rings. The highest BCUT2D eigenvalue weighted by Crippen LogP contribution is 2.53.